The van der Waals surface area contributed by atoms with E-state index >= 15 is 0 Å². The first-order valence-corrected chi connectivity index (χ1v) is 5.40. The summed E-state index contributed by atoms with van der Waals surface area (Å²) >= 11 is 0. The molecule has 0 aliphatic rings. The zero-order valence-corrected chi connectivity index (χ0v) is 10.3. The van der Waals surface area contributed by atoms with Gasteiger partial charge < -0.3 is 4.48 Å². The molecule has 0 atom stereocenters. The highest BCUT2D eigenvalue weighted by Gasteiger charge is 2.33. The van der Waals surface area contributed by atoms with Gasteiger partial charge in [-0.2, -0.15) is 0 Å². The number of benzene rings is 1. The molecular formula is C14H22N+. The molecule has 0 N–H and O–H groups in total. The zero-order valence-electron chi connectivity index (χ0n) is 10.3. The second-order valence-electron chi connectivity index (χ2n) is 5.19. The number of likely N-dealkylation sites (N-methyl/N-ethyl adjacent to an activating group) is 1. The van der Waals surface area contributed by atoms with Gasteiger partial charge in [-0.15, -0.1) is 0 Å². The Bertz CT molecular complexity index is 322. The molecule has 1 rings (SSSR count). The molecule has 0 spiro atoms. The van der Waals surface area contributed by atoms with E-state index in [0.29, 0.717) is 0 Å². The fourth-order valence-electron chi connectivity index (χ4n) is 1.49. The van der Waals surface area contributed by atoms with E-state index in [9.17, 15) is 0 Å². The van der Waals surface area contributed by atoms with Crippen molar-refractivity contribution in [2.75, 3.05) is 14.1 Å². The van der Waals surface area contributed by atoms with Crippen LogP contribution in [0.25, 0.3) is 0 Å². The third-order valence-electron chi connectivity index (χ3n) is 3.48. The quantitative estimate of drug-likeness (QED) is 0.522. The molecule has 15 heavy (non-hydrogen) atoms. The lowest BCUT2D eigenvalue weighted by atomic mass is 9.99. The summed E-state index contributed by atoms with van der Waals surface area (Å²) in [5, 5.41) is 0. The molecule has 1 aromatic rings. The van der Waals surface area contributed by atoms with Gasteiger partial charge in [-0.3, -0.25) is 0 Å². The van der Waals surface area contributed by atoms with Crippen molar-refractivity contribution >= 4 is 0 Å². The van der Waals surface area contributed by atoms with Crippen LogP contribution in [0.4, 0.5) is 0 Å². The molecule has 0 radical (unpaired) electrons. The summed E-state index contributed by atoms with van der Waals surface area (Å²) in [7, 11) is 4.49. The molecule has 1 nitrogen and oxygen atoms in total. The monoisotopic (exact) mass is 204 g/mol. The molecular weight excluding hydrogens is 182 g/mol. The van der Waals surface area contributed by atoms with E-state index in [1.165, 1.54) is 5.56 Å². The van der Waals surface area contributed by atoms with Gasteiger partial charge in [0.2, 0.25) is 0 Å². The van der Waals surface area contributed by atoms with Crippen molar-refractivity contribution in [3.8, 4) is 0 Å². The Kier molecular flexibility index (Phi) is 3.35. The second-order valence-corrected chi connectivity index (χ2v) is 5.19. The van der Waals surface area contributed by atoms with Gasteiger partial charge in [0.15, 0.2) is 0 Å². The fourth-order valence-corrected chi connectivity index (χ4v) is 1.49. The van der Waals surface area contributed by atoms with Crippen molar-refractivity contribution in [3.05, 3.63) is 48.6 Å². The molecule has 0 aliphatic carbocycles. The summed E-state index contributed by atoms with van der Waals surface area (Å²) in [5.41, 5.74) is 1.47. The van der Waals surface area contributed by atoms with Crippen molar-refractivity contribution in [1.29, 1.82) is 0 Å². The van der Waals surface area contributed by atoms with Gasteiger partial charge in [-0.05, 0) is 19.9 Å². The maximum atomic E-state index is 3.92. The molecule has 0 bridgehead atoms. The summed E-state index contributed by atoms with van der Waals surface area (Å²) in [5.74, 6) is 0. The third kappa shape index (κ3) is 2.69. The van der Waals surface area contributed by atoms with Gasteiger partial charge in [-0.25, -0.2) is 0 Å². The summed E-state index contributed by atoms with van der Waals surface area (Å²) in [6.07, 6.45) is 2.04. The highest BCUT2D eigenvalue weighted by atomic mass is 15.4. The predicted molar refractivity (Wildman–Crippen MR) is 66.5 cm³/mol. The molecule has 0 aromatic heterocycles. The van der Waals surface area contributed by atoms with Crippen LogP contribution >= 0.6 is 0 Å². The molecule has 0 fully saturated rings. The molecule has 0 heterocycles. The molecule has 0 amide bonds. The summed E-state index contributed by atoms with van der Waals surface area (Å²) < 4.78 is 0.917. The number of rotatable bonds is 4. The lowest BCUT2D eigenvalue weighted by molar-refractivity contribution is -0.942. The van der Waals surface area contributed by atoms with Crippen molar-refractivity contribution in [3.63, 3.8) is 0 Å². The first-order chi connectivity index (χ1) is 6.89. The van der Waals surface area contributed by atoms with Gasteiger partial charge in [0.25, 0.3) is 0 Å². The minimum atomic E-state index is 0.0931. The maximum Gasteiger partial charge on any atom is 0.112 e. The normalized spacial score (nSPS) is 12.5. The van der Waals surface area contributed by atoms with E-state index in [0.717, 1.165) is 11.0 Å². The van der Waals surface area contributed by atoms with E-state index in [1.54, 1.807) is 0 Å². The van der Waals surface area contributed by atoms with Gasteiger partial charge in [0.05, 0.1) is 14.1 Å². The molecule has 82 valence electrons. The van der Waals surface area contributed by atoms with E-state index in [2.05, 4.69) is 64.9 Å². The van der Waals surface area contributed by atoms with Crippen LogP contribution in [-0.2, 0) is 6.54 Å². The minimum Gasteiger partial charge on any atom is -0.317 e. The lowest BCUT2D eigenvalue weighted by Crippen LogP contribution is -2.54. The Hall–Kier alpha value is -1.08. The first-order valence-electron chi connectivity index (χ1n) is 5.40. The van der Waals surface area contributed by atoms with Gasteiger partial charge in [0.1, 0.15) is 12.1 Å². The fraction of sp³-hybridized carbons (Fsp3) is 0.429. The number of nitrogens with zero attached hydrogens (tertiary/aromatic N) is 1. The molecule has 1 aromatic carbocycles. The number of hydrogen-bond donors (Lipinski definition) is 0. The van der Waals surface area contributed by atoms with Crippen LogP contribution in [0.5, 0.6) is 0 Å². The van der Waals surface area contributed by atoms with Crippen LogP contribution < -0.4 is 0 Å². The Labute approximate surface area is 93.6 Å². The second kappa shape index (κ2) is 4.19. The average molecular weight is 204 g/mol. The predicted octanol–water partition coefficient (Wildman–Crippen LogP) is 3.23. The molecule has 0 saturated heterocycles. The maximum absolute atomic E-state index is 3.92. The summed E-state index contributed by atoms with van der Waals surface area (Å²) in [6.45, 7) is 9.40. The molecule has 0 aliphatic heterocycles. The average Bonchev–Trinajstić information content (AvgIpc) is 2.18. The van der Waals surface area contributed by atoms with Crippen LogP contribution in [-0.4, -0.2) is 24.1 Å². The topological polar surface area (TPSA) is 0 Å². The minimum absolute atomic E-state index is 0.0931. The largest absolute Gasteiger partial charge is 0.317 e. The number of hydrogen-bond acceptors (Lipinski definition) is 0. The number of quaternary nitrogens is 1. The van der Waals surface area contributed by atoms with Crippen LogP contribution in [0.2, 0.25) is 0 Å². The standard InChI is InChI=1S/C14H22N/c1-6-14(2,3)15(4,5)12-13-10-8-7-9-11-13/h6-11H,1,12H2,2-5H3/q+1. The third-order valence-corrected chi connectivity index (χ3v) is 3.48. The zero-order chi connectivity index (χ0) is 11.5. The Balaban J connectivity index is 2.86. The van der Waals surface area contributed by atoms with Crippen LogP contribution in [0.15, 0.2) is 43.0 Å². The van der Waals surface area contributed by atoms with E-state index in [-0.39, 0.29) is 5.54 Å². The highest BCUT2D eigenvalue weighted by molar-refractivity contribution is 5.13. The van der Waals surface area contributed by atoms with Crippen LogP contribution in [0.3, 0.4) is 0 Å². The molecule has 0 unspecified atom stereocenters. The van der Waals surface area contributed by atoms with Gasteiger partial charge in [0, 0.05) is 5.56 Å². The Morgan fingerprint density at radius 1 is 1.20 bits per heavy atom. The Morgan fingerprint density at radius 3 is 2.20 bits per heavy atom. The van der Waals surface area contributed by atoms with Gasteiger partial charge >= 0.3 is 0 Å². The molecule has 0 saturated carbocycles. The summed E-state index contributed by atoms with van der Waals surface area (Å²) in [4.78, 5) is 0. The van der Waals surface area contributed by atoms with Crippen molar-refractivity contribution in [2.45, 2.75) is 25.9 Å². The van der Waals surface area contributed by atoms with Crippen LogP contribution in [0, 0.1) is 0 Å². The highest BCUT2D eigenvalue weighted by Crippen LogP contribution is 2.24. The first kappa shape index (κ1) is 12.0. The Morgan fingerprint density at radius 2 is 1.73 bits per heavy atom. The summed E-state index contributed by atoms with van der Waals surface area (Å²) in [6, 6.07) is 10.6. The molecule has 1 heteroatoms. The SMILES string of the molecule is C=CC(C)(C)[N+](C)(C)Cc1ccccc1. The van der Waals surface area contributed by atoms with E-state index in [1.807, 2.05) is 6.08 Å². The van der Waals surface area contributed by atoms with Crippen LogP contribution in [0.1, 0.15) is 19.4 Å². The smallest absolute Gasteiger partial charge is 0.112 e. The van der Waals surface area contributed by atoms with Gasteiger partial charge in [-0.1, -0.05) is 36.9 Å². The lowest BCUT2D eigenvalue weighted by Gasteiger charge is -2.42. The van der Waals surface area contributed by atoms with E-state index in [4.69, 9.17) is 0 Å². The van der Waals surface area contributed by atoms with Crippen molar-refractivity contribution < 1.29 is 4.48 Å². The van der Waals surface area contributed by atoms with Crippen molar-refractivity contribution in [2.24, 2.45) is 0 Å². The van der Waals surface area contributed by atoms with E-state index < -0.39 is 0 Å². The van der Waals surface area contributed by atoms with Crippen molar-refractivity contribution in [1.82, 2.24) is 0 Å².